The van der Waals surface area contributed by atoms with Gasteiger partial charge in [0.25, 0.3) is 0 Å². The van der Waals surface area contributed by atoms with Gasteiger partial charge >= 0.3 is 0 Å². The topological polar surface area (TPSA) is 43.2 Å². The highest BCUT2D eigenvalue weighted by molar-refractivity contribution is 6.30. The summed E-state index contributed by atoms with van der Waals surface area (Å²) in [6, 6.07) is 15.4. The van der Waals surface area contributed by atoms with Gasteiger partial charge in [-0.15, -0.1) is 0 Å². The van der Waals surface area contributed by atoms with Crippen molar-refractivity contribution in [2.45, 2.75) is 6.54 Å². The summed E-state index contributed by atoms with van der Waals surface area (Å²) in [7, 11) is 4.08. The van der Waals surface area contributed by atoms with Crippen molar-refractivity contribution in [2.24, 2.45) is 0 Å². The van der Waals surface area contributed by atoms with Crippen molar-refractivity contribution in [1.29, 1.82) is 5.26 Å². The molecule has 1 aromatic carbocycles. The first-order valence-corrected chi connectivity index (χ1v) is 7.47. The van der Waals surface area contributed by atoms with E-state index in [1.54, 1.807) is 6.07 Å². The van der Waals surface area contributed by atoms with Crippen molar-refractivity contribution in [3.8, 4) is 6.07 Å². The van der Waals surface area contributed by atoms with Gasteiger partial charge in [-0.2, -0.15) is 5.26 Å². The van der Waals surface area contributed by atoms with Crippen LogP contribution in [0.3, 0.4) is 0 Å². The molecule has 0 spiro atoms. The molecule has 2 rings (SSSR count). The monoisotopic (exact) mass is 314 g/mol. The number of nitriles is 1. The van der Waals surface area contributed by atoms with Crippen molar-refractivity contribution < 1.29 is 0 Å². The molecular formula is C17H19ClN4. The van der Waals surface area contributed by atoms with Crippen LogP contribution >= 0.6 is 11.6 Å². The molecule has 1 heterocycles. The fraction of sp³-hybridized carbons (Fsp3) is 0.294. The Morgan fingerprint density at radius 3 is 2.45 bits per heavy atom. The van der Waals surface area contributed by atoms with Crippen LogP contribution in [0.25, 0.3) is 0 Å². The van der Waals surface area contributed by atoms with E-state index in [4.69, 9.17) is 16.9 Å². The van der Waals surface area contributed by atoms with Crippen molar-refractivity contribution >= 4 is 17.4 Å². The third-order valence-corrected chi connectivity index (χ3v) is 3.53. The number of benzene rings is 1. The molecule has 2 aromatic rings. The maximum atomic E-state index is 9.03. The van der Waals surface area contributed by atoms with E-state index < -0.39 is 0 Å². The van der Waals surface area contributed by atoms with Crippen LogP contribution in [-0.4, -0.2) is 37.1 Å². The predicted molar refractivity (Wildman–Crippen MR) is 90.0 cm³/mol. The number of nitrogens with zero attached hydrogens (tertiary/aromatic N) is 4. The van der Waals surface area contributed by atoms with E-state index in [9.17, 15) is 0 Å². The van der Waals surface area contributed by atoms with Gasteiger partial charge in [-0.25, -0.2) is 4.98 Å². The van der Waals surface area contributed by atoms with E-state index in [2.05, 4.69) is 20.9 Å². The maximum Gasteiger partial charge on any atom is 0.142 e. The fourth-order valence-electron chi connectivity index (χ4n) is 2.07. The van der Waals surface area contributed by atoms with Crippen molar-refractivity contribution in [1.82, 2.24) is 9.88 Å². The zero-order valence-electron chi connectivity index (χ0n) is 12.8. The molecule has 4 nitrogen and oxygen atoms in total. The van der Waals surface area contributed by atoms with Gasteiger partial charge < -0.3 is 9.80 Å². The Hall–Kier alpha value is -2.09. The molecule has 0 fully saturated rings. The molecule has 0 amide bonds. The first-order chi connectivity index (χ1) is 10.6. The van der Waals surface area contributed by atoms with Crippen LogP contribution in [-0.2, 0) is 6.54 Å². The summed E-state index contributed by atoms with van der Waals surface area (Å²) in [5, 5.41) is 9.76. The second kappa shape index (κ2) is 7.79. The van der Waals surface area contributed by atoms with Gasteiger partial charge in [0.15, 0.2) is 0 Å². The van der Waals surface area contributed by atoms with Gasteiger partial charge in [-0.1, -0.05) is 29.8 Å². The lowest BCUT2D eigenvalue weighted by Crippen LogP contribution is -2.32. The quantitative estimate of drug-likeness (QED) is 0.821. The summed E-state index contributed by atoms with van der Waals surface area (Å²) in [5.74, 6) is 0.816. The van der Waals surface area contributed by atoms with Crippen molar-refractivity contribution in [2.75, 3.05) is 32.1 Å². The smallest absolute Gasteiger partial charge is 0.142 e. The third kappa shape index (κ3) is 4.73. The summed E-state index contributed by atoms with van der Waals surface area (Å²) in [4.78, 5) is 8.70. The molecule has 22 heavy (non-hydrogen) atoms. The second-order valence-electron chi connectivity index (χ2n) is 5.34. The number of likely N-dealkylation sites (N-methyl/N-ethyl adjacent to an activating group) is 1. The van der Waals surface area contributed by atoms with Crippen LogP contribution in [0.4, 0.5) is 5.82 Å². The summed E-state index contributed by atoms with van der Waals surface area (Å²) in [6.07, 6.45) is 0. The number of halogens is 1. The molecule has 0 atom stereocenters. The summed E-state index contributed by atoms with van der Waals surface area (Å²) < 4.78 is 0. The number of aromatic nitrogens is 1. The van der Waals surface area contributed by atoms with Gasteiger partial charge in [0.05, 0.1) is 0 Å². The number of pyridine rings is 1. The van der Waals surface area contributed by atoms with Crippen LogP contribution in [0.1, 0.15) is 11.3 Å². The Labute approximate surface area is 136 Å². The van der Waals surface area contributed by atoms with Crippen LogP contribution in [0.5, 0.6) is 0 Å². The van der Waals surface area contributed by atoms with Crippen LogP contribution in [0.2, 0.25) is 5.02 Å². The average Bonchev–Trinajstić information content (AvgIpc) is 2.53. The Morgan fingerprint density at radius 2 is 1.82 bits per heavy atom. The number of hydrogen-bond acceptors (Lipinski definition) is 4. The highest BCUT2D eigenvalue weighted by Crippen LogP contribution is 2.17. The summed E-state index contributed by atoms with van der Waals surface area (Å²) >= 11 is 5.94. The van der Waals surface area contributed by atoms with Crippen molar-refractivity contribution in [3.63, 3.8) is 0 Å². The molecule has 0 aliphatic heterocycles. The Balaban J connectivity index is 2.21. The first-order valence-electron chi connectivity index (χ1n) is 7.10. The van der Waals surface area contributed by atoms with Crippen LogP contribution < -0.4 is 4.90 Å². The van der Waals surface area contributed by atoms with E-state index in [1.165, 1.54) is 0 Å². The SMILES string of the molecule is CN(C)CCN(Cc1ccc(Cl)cc1)c1cccc(C#N)n1. The Kier molecular flexibility index (Phi) is 5.76. The normalized spacial score (nSPS) is 10.5. The second-order valence-corrected chi connectivity index (χ2v) is 5.78. The standard InChI is InChI=1S/C17H19ClN4/c1-21(2)10-11-22(13-14-6-8-15(18)9-7-14)17-5-3-4-16(12-19)20-17/h3-9H,10-11,13H2,1-2H3. The highest BCUT2D eigenvalue weighted by atomic mass is 35.5. The van der Waals surface area contributed by atoms with E-state index in [-0.39, 0.29) is 0 Å². The number of hydrogen-bond donors (Lipinski definition) is 0. The fourth-order valence-corrected chi connectivity index (χ4v) is 2.19. The predicted octanol–water partition coefficient (Wildman–Crippen LogP) is 3.17. The molecule has 0 saturated heterocycles. The maximum absolute atomic E-state index is 9.03. The van der Waals surface area contributed by atoms with Gasteiger partial charge in [0.1, 0.15) is 17.6 Å². The van der Waals surface area contributed by atoms with Gasteiger partial charge in [0, 0.05) is 24.7 Å². The first kappa shape index (κ1) is 16.3. The van der Waals surface area contributed by atoms with E-state index in [0.29, 0.717) is 5.69 Å². The zero-order chi connectivity index (χ0) is 15.9. The zero-order valence-corrected chi connectivity index (χ0v) is 13.6. The summed E-state index contributed by atoms with van der Waals surface area (Å²) in [6.45, 7) is 2.47. The number of rotatable bonds is 6. The molecule has 0 bridgehead atoms. The molecule has 1 aromatic heterocycles. The molecule has 0 aliphatic rings. The molecule has 114 valence electrons. The lowest BCUT2D eigenvalue weighted by Gasteiger charge is -2.25. The Morgan fingerprint density at radius 1 is 1.09 bits per heavy atom. The molecule has 0 aliphatic carbocycles. The minimum Gasteiger partial charge on any atom is -0.351 e. The third-order valence-electron chi connectivity index (χ3n) is 3.28. The minimum atomic E-state index is 0.434. The molecule has 0 unspecified atom stereocenters. The van der Waals surface area contributed by atoms with Crippen LogP contribution in [0.15, 0.2) is 42.5 Å². The lowest BCUT2D eigenvalue weighted by molar-refractivity contribution is 0.412. The number of anilines is 1. The Bertz CT molecular complexity index is 646. The minimum absolute atomic E-state index is 0.434. The van der Waals surface area contributed by atoms with Gasteiger partial charge in [-0.3, -0.25) is 0 Å². The highest BCUT2D eigenvalue weighted by Gasteiger charge is 2.10. The lowest BCUT2D eigenvalue weighted by atomic mass is 10.2. The molecule has 0 N–H and O–H groups in total. The molecule has 0 radical (unpaired) electrons. The van der Waals surface area contributed by atoms with Crippen molar-refractivity contribution in [3.05, 3.63) is 58.7 Å². The van der Waals surface area contributed by atoms with E-state index in [1.807, 2.05) is 50.5 Å². The van der Waals surface area contributed by atoms with E-state index >= 15 is 0 Å². The van der Waals surface area contributed by atoms with Crippen LogP contribution in [0, 0.1) is 11.3 Å². The average molecular weight is 315 g/mol. The largest absolute Gasteiger partial charge is 0.351 e. The van der Waals surface area contributed by atoms with Gasteiger partial charge in [0.2, 0.25) is 0 Å². The summed E-state index contributed by atoms with van der Waals surface area (Å²) in [5.41, 5.74) is 1.59. The van der Waals surface area contributed by atoms with Gasteiger partial charge in [-0.05, 0) is 43.9 Å². The molecule has 0 saturated carbocycles. The molecular weight excluding hydrogens is 296 g/mol. The van der Waals surface area contributed by atoms with E-state index in [0.717, 1.165) is 36.0 Å². The molecule has 5 heteroatoms.